The van der Waals surface area contributed by atoms with E-state index in [0.29, 0.717) is 21.3 Å². The van der Waals surface area contributed by atoms with Gasteiger partial charge >= 0.3 is 0 Å². The molecule has 0 spiro atoms. The molecule has 104 valence electrons. The highest BCUT2D eigenvalue weighted by Gasteiger charge is 2.12. The van der Waals surface area contributed by atoms with Gasteiger partial charge in [-0.1, -0.05) is 41.4 Å². The van der Waals surface area contributed by atoms with Gasteiger partial charge in [0.25, 0.3) is 5.91 Å². The molecule has 0 fully saturated rings. The van der Waals surface area contributed by atoms with Gasteiger partial charge in [-0.25, -0.2) is 0 Å². The summed E-state index contributed by atoms with van der Waals surface area (Å²) < 4.78 is 0. The van der Waals surface area contributed by atoms with Crippen LogP contribution in [0.25, 0.3) is 10.9 Å². The van der Waals surface area contributed by atoms with Crippen molar-refractivity contribution in [1.82, 2.24) is 4.98 Å². The van der Waals surface area contributed by atoms with Crippen molar-refractivity contribution in [2.45, 2.75) is 0 Å². The lowest BCUT2D eigenvalue weighted by Crippen LogP contribution is -2.13. The fourth-order valence-electron chi connectivity index (χ4n) is 2.07. The Morgan fingerprint density at radius 1 is 1.05 bits per heavy atom. The van der Waals surface area contributed by atoms with Gasteiger partial charge in [0.05, 0.1) is 21.8 Å². The molecule has 0 aliphatic carbocycles. The number of aromatic nitrogens is 1. The number of carbonyl (C=O) groups is 1. The van der Waals surface area contributed by atoms with Crippen LogP contribution in [0.1, 0.15) is 10.4 Å². The minimum atomic E-state index is -0.319. The first-order valence-electron chi connectivity index (χ1n) is 6.25. The Hall–Kier alpha value is -2.10. The minimum Gasteiger partial charge on any atom is -0.320 e. The lowest BCUT2D eigenvalue weighted by molar-refractivity contribution is 0.102. The smallest absolute Gasteiger partial charge is 0.257 e. The summed E-state index contributed by atoms with van der Waals surface area (Å²) in [6.45, 7) is 0. The molecule has 0 radical (unpaired) electrons. The number of halogens is 2. The Kier molecular flexibility index (Phi) is 3.78. The van der Waals surface area contributed by atoms with Crippen molar-refractivity contribution in [2.75, 3.05) is 5.32 Å². The van der Waals surface area contributed by atoms with Gasteiger partial charge in [-0.3, -0.25) is 9.78 Å². The van der Waals surface area contributed by atoms with Crippen LogP contribution in [0.3, 0.4) is 0 Å². The van der Waals surface area contributed by atoms with Crippen LogP contribution in [-0.2, 0) is 0 Å². The molecular formula is C16H10Cl2N2O. The number of carbonyl (C=O) groups excluding carboxylic acids is 1. The van der Waals surface area contributed by atoms with Crippen molar-refractivity contribution in [2.24, 2.45) is 0 Å². The second kappa shape index (κ2) is 5.72. The van der Waals surface area contributed by atoms with Gasteiger partial charge in [0.2, 0.25) is 0 Å². The molecule has 0 bridgehead atoms. The molecule has 3 nitrogen and oxygen atoms in total. The Morgan fingerprint density at radius 3 is 2.71 bits per heavy atom. The molecule has 5 heteroatoms. The van der Waals surface area contributed by atoms with Crippen LogP contribution in [-0.4, -0.2) is 10.9 Å². The molecule has 0 unspecified atom stereocenters. The maximum atomic E-state index is 12.3. The van der Waals surface area contributed by atoms with E-state index in [1.165, 1.54) is 6.07 Å². The Labute approximate surface area is 131 Å². The Morgan fingerprint density at radius 2 is 1.86 bits per heavy atom. The van der Waals surface area contributed by atoms with Crippen LogP contribution < -0.4 is 5.32 Å². The molecule has 0 aliphatic heterocycles. The molecule has 1 N–H and O–H groups in total. The molecular weight excluding hydrogens is 307 g/mol. The average Bonchev–Trinajstić information content (AvgIpc) is 2.50. The van der Waals surface area contributed by atoms with Gasteiger partial charge in [0.15, 0.2) is 0 Å². The standard InChI is InChI=1S/C16H10Cl2N2O/c17-11-6-7-13(18)12(9-11)16(21)20-14-5-1-3-10-4-2-8-19-15(10)14/h1-9H,(H,20,21). The summed E-state index contributed by atoms with van der Waals surface area (Å²) in [5, 5.41) is 4.59. The summed E-state index contributed by atoms with van der Waals surface area (Å²) in [6, 6.07) is 14.2. The number of fused-ring (bicyclic) bond motifs is 1. The minimum absolute atomic E-state index is 0.319. The third-order valence-corrected chi connectivity index (χ3v) is 3.62. The molecule has 1 heterocycles. The summed E-state index contributed by atoms with van der Waals surface area (Å²) >= 11 is 11.9. The van der Waals surface area contributed by atoms with Gasteiger partial charge in [0.1, 0.15) is 0 Å². The zero-order valence-corrected chi connectivity index (χ0v) is 12.3. The summed E-state index contributed by atoms with van der Waals surface area (Å²) in [6.07, 6.45) is 1.68. The van der Waals surface area contributed by atoms with Gasteiger partial charge in [0, 0.05) is 16.6 Å². The number of pyridine rings is 1. The zero-order chi connectivity index (χ0) is 14.8. The Balaban J connectivity index is 1.99. The van der Waals surface area contributed by atoms with Crippen molar-refractivity contribution in [1.29, 1.82) is 0 Å². The number of rotatable bonds is 2. The van der Waals surface area contributed by atoms with Crippen molar-refractivity contribution >= 4 is 45.7 Å². The number of amides is 1. The molecule has 0 atom stereocenters. The number of hydrogen-bond acceptors (Lipinski definition) is 2. The van der Waals surface area contributed by atoms with Gasteiger partial charge in [-0.05, 0) is 30.3 Å². The van der Waals surface area contributed by atoms with Crippen LogP contribution in [0.2, 0.25) is 10.0 Å². The quantitative estimate of drug-likeness (QED) is 0.738. The topological polar surface area (TPSA) is 42.0 Å². The molecule has 1 aromatic heterocycles. The fourth-order valence-corrected chi connectivity index (χ4v) is 2.44. The molecule has 21 heavy (non-hydrogen) atoms. The maximum Gasteiger partial charge on any atom is 0.257 e. The maximum absolute atomic E-state index is 12.3. The first kappa shape index (κ1) is 13.9. The van der Waals surface area contributed by atoms with Gasteiger partial charge in [-0.2, -0.15) is 0 Å². The van der Waals surface area contributed by atoms with E-state index in [1.807, 2.05) is 24.3 Å². The predicted molar refractivity (Wildman–Crippen MR) is 86.2 cm³/mol. The molecule has 1 amide bonds. The van der Waals surface area contributed by atoms with E-state index in [-0.39, 0.29) is 5.91 Å². The molecule has 2 aromatic carbocycles. The molecule has 0 saturated carbocycles. The highest BCUT2D eigenvalue weighted by Crippen LogP contribution is 2.24. The van der Waals surface area contributed by atoms with Crippen molar-refractivity contribution in [3.8, 4) is 0 Å². The summed E-state index contributed by atoms with van der Waals surface area (Å²) in [4.78, 5) is 16.6. The first-order valence-corrected chi connectivity index (χ1v) is 7.01. The molecule has 3 aromatic rings. The fraction of sp³-hybridized carbons (Fsp3) is 0. The first-order chi connectivity index (χ1) is 10.1. The van der Waals surface area contributed by atoms with E-state index in [1.54, 1.807) is 24.4 Å². The monoisotopic (exact) mass is 316 g/mol. The molecule has 3 rings (SSSR count). The van der Waals surface area contributed by atoms with Crippen LogP contribution in [0.4, 0.5) is 5.69 Å². The van der Waals surface area contributed by atoms with Crippen LogP contribution in [0.15, 0.2) is 54.7 Å². The number of benzene rings is 2. The summed E-state index contributed by atoms with van der Waals surface area (Å²) in [5.41, 5.74) is 1.69. The van der Waals surface area contributed by atoms with E-state index < -0.39 is 0 Å². The third kappa shape index (κ3) is 2.84. The van der Waals surface area contributed by atoms with Crippen molar-refractivity contribution in [3.63, 3.8) is 0 Å². The van der Waals surface area contributed by atoms with E-state index >= 15 is 0 Å². The highest BCUT2D eigenvalue weighted by atomic mass is 35.5. The van der Waals surface area contributed by atoms with E-state index in [0.717, 1.165) is 10.9 Å². The number of nitrogens with one attached hydrogen (secondary N) is 1. The van der Waals surface area contributed by atoms with Crippen molar-refractivity contribution < 1.29 is 4.79 Å². The van der Waals surface area contributed by atoms with Gasteiger partial charge in [-0.15, -0.1) is 0 Å². The van der Waals surface area contributed by atoms with Crippen LogP contribution in [0.5, 0.6) is 0 Å². The molecule has 0 aliphatic rings. The number of para-hydroxylation sites is 1. The van der Waals surface area contributed by atoms with Crippen LogP contribution >= 0.6 is 23.2 Å². The predicted octanol–water partition coefficient (Wildman–Crippen LogP) is 4.79. The Bertz CT molecular complexity index is 828. The van der Waals surface area contributed by atoms with Crippen molar-refractivity contribution in [3.05, 3.63) is 70.3 Å². The largest absolute Gasteiger partial charge is 0.320 e. The summed E-state index contributed by atoms with van der Waals surface area (Å²) in [5.74, 6) is -0.319. The number of anilines is 1. The summed E-state index contributed by atoms with van der Waals surface area (Å²) in [7, 11) is 0. The normalized spacial score (nSPS) is 10.6. The van der Waals surface area contributed by atoms with Gasteiger partial charge < -0.3 is 5.32 Å². The molecule has 0 saturated heterocycles. The highest BCUT2D eigenvalue weighted by molar-refractivity contribution is 6.36. The third-order valence-electron chi connectivity index (χ3n) is 3.05. The SMILES string of the molecule is O=C(Nc1cccc2cccnc12)c1cc(Cl)ccc1Cl. The van der Waals surface area contributed by atoms with Crippen LogP contribution in [0, 0.1) is 0 Å². The lowest BCUT2D eigenvalue weighted by atomic mass is 10.1. The van der Waals surface area contributed by atoms with E-state index in [9.17, 15) is 4.79 Å². The second-order valence-corrected chi connectivity index (χ2v) is 5.30. The zero-order valence-electron chi connectivity index (χ0n) is 10.8. The second-order valence-electron chi connectivity index (χ2n) is 4.46. The average molecular weight is 317 g/mol. The van der Waals surface area contributed by atoms with E-state index in [4.69, 9.17) is 23.2 Å². The lowest BCUT2D eigenvalue weighted by Gasteiger charge is -2.09. The number of hydrogen-bond donors (Lipinski definition) is 1. The number of nitrogens with zero attached hydrogens (tertiary/aromatic N) is 1. The van der Waals surface area contributed by atoms with E-state index in [2.05, 4.69) is 10.3 Å².